The van der Waals surface area contributed by atoms with Crippen LogP contribution >= 0.6 is 0 Å². The average molecular weight is 276 g/mol. The molecule has 2 rings (SSSR count). The zero-order valence-corrected chi connectivity index (χ0v) is 12.6. The SMILES string of the molecule is CNC(=O)CCc1cc(C2CCN(C)CC2)nc(C)n1. The monoisotopic (exact) mass is 276 g/mol. The molecule has 0 atom stereocenters. The summed E-state index contributed by atoms with van der Waals surface area (Å²) in [7, 11) is 3.83. The maximum absolute atomic E-state index is 11.3. The number of hydrogen-bond donors (Lipinski definition) is 1. The van der Waals surface area contributed by atoms with Crippen LogP contribution in [0.3, 0.4) is 0 Å². The highest BCUT2D eigenvalue weighted by Crippen LogP contribution is 2.26. The van der Waals surface area contributed by atoms with Crippen LogP contribution in [0.4, 0.5) is 0 Å². The number of nitrogens with one attached hydrogen (secondary N) is 1. The Balaban J connectivity index is 2.06. The van der Waals surface area contributed by atoms with E-state index in [4.69, 9.17) is 0 Å². The fraction of sp³-hybridized carbons (Fsp3) is 0.667. The Labute approximate surface area is 120 Å². The molecule has 1 aromatic heterocycles. The van der Waals surface area contributed by atoms with Crippen LogP contribution in [0.25, 0.3) is 0 Å². The van der Waals surface area contributed by atoms with Crippen molar-refractivity contribution in [1.82, 2.24) is 20.2 Å². The molecule has 0 aromatic carbocycles. The second-order valence-corrected chi connectivity index (χ2v) is 5.58. The molecular formula is C15H24N4O. The Morgan fingerprint density at radius 3 is 2.75 bits per heavy atom. The molecule has 0 spiro atoms. The molecule has 1 aliphatic rings. The molecular weight excluding hydrogens is 252 g/mol. The molecule has 1 fully saturated rings. The molecule has 5 nitrogen and oxygen atoms in total. The van der Waals surface area contributed by atoms with Gasteiger partial charge >= 0.3 is 0 Å². The van der Waals surface area contributed by atoms with E-state index in [-0.39, 0.29) is 5.91 Å². The quantitative estimate of drug-likeness (QED) is 0.900. The summed E-state index contributed by atoms with van der Waals surface area (Å²) in [5, 5.41) is 2.64. The van der Waals surface area contributed by atoms with E-state index in [1.54, 1.807) is 7.05 Å². The maximum Gasteiger partial charge on any atom is 0.220 e. The third-order valence-corrected chi connectivity index (χ3v) is 3.93. The van der Waals surface area contributed by atoms with E-state index in [0.29, 0.717) is 18.8 Å². The van der Waals surface area contributed by atoms with E-state index in [1.165, 1.54) is 0 Å². The van der Waals surface area contributed by atoms with Gasteiger partial charge in [-0.2, -0.15) is 0 Å². The number of carbonyl (C=O) groups excluding carboxylic acids is 1. The number of aryl methyl sites for hydroxylation is 2. The van der Waals surface area contributed by atoms with Crippen LogP contribution in [0.5, 0.6) is 0 Å². The van der Waals surface area contributed by atoms with Gasteiger partial charge in [-0.25, -0.2) is 9.97 Å². The molecule has 0 radical (unpaired) electrons. The number of amides is 1. The highest BCUT2D eigenvalue weighted by molar-refractivity contribution is 5.75. The van der Waals surface area contributed by atoms with Crippen molar-refractivity contribution in [3.05, 3.63) is 23.3 Å². The molecule has 5 heteroatoms. The van der Waals surface area contributed by atoms with E-state index in [0.717, 1.165) is 43.1 Å². The lowest BCUT2D eigenvalue weighted by Crippen LogP contribution is -2.29. The van der Waals surface area contributed by atoms with Gasteiger partial charge in [0.25, 0.3) is 0 Å². The van der Waals surface area contributed by atoms with Crippen LogP contribution < -0.4 is 5.32 Å². The van der Waals surface area contributed by atoms with Gasteiger partial charge in [-0.3, -0.25) is 4.79 Å². The van der Waals surface area contributed by atoms with Gasteiger partial charge in [0.15, 0.2) is 0 Å². The van der Waals surface area contributed by atoms with Crippen molar-refractivity contribution < 1.29 is 4.79 Å². The third kappa shape index (κ3) is 4.00. The molecule has 110 valence electrons. The first-order chi connectivity index (χ1) is 9.58. The molecule has 20 heavy (non-hydrogen) atoms. The van der Waals surface area contributed by atoms with Crippen molar-refractivity contribution in [1.29, 1.82) is 0 Å². The van der Waals surface area contributed by atoms with Gasteiger partial charge < -0.3 is 10.2 Å². The molecule has 0 aliphatic carbocycles. The first-order valence-electron chi connectivity index (χ1n) is 7.32. The van der Waals surface area contributed by atoms with Gasteiger partial charge in [-0.15, -0.1) is 0 Å². The first-order valence-corrected chi connectivity index (χ1v) is 7.32. The second kappa shape index (κ2) is 6.79. The van der Waals surface area contributed by atoms with Crippen LogP contribution in [0.2, 0.25) is 0 Å². The number of aromatic nitrogens is 2. The minimum absolute atomic E-state index is 0.0575. The molecule has 2 heterocycles. The lowest BCUT2D eigenvalue weighted by molar-refractivity contribution is -0.120. The first kappa shape index (κ1) is 14.9. The minimum Gasteiger partial charge on any atom is -0.359 e. The third-order valence-electron chi connectivity index (χ3n) is 3.93. The van der Waals surface area contributed by atoms with Gasteiger partial charge in [0.1, 0.15) is 5.82 Å². The number of likely N-dealkylation sites (tertiary alicyclic amines) is 1. The Morgan fingerprint density at radius 1 is 1.40 bits per heavy atom. The summed E-state index contributed by atoms with van der Waals surface area (Å²) >= 11 is 0. The maximum atomic E-state index is 11.3. The predicted molar refractivity (Wildman–Crippen MR) is 78.6 cm³/mol. The number of carbonyl (C=O) groups is 1. The largest absolute Gasteiger partial charge is 0.359 e. The van der Waals surface area contributed by atoms with E-state index in [9.17, 15) is 4.79 Å². The fourth-order valence-electron chi connectivity index (χ4n) is 2.66. The molecule has 1 aromatic rings. The Kier molecular flexibility index (Phi) is 5.06. The van der Waals surface area contributed by atoms with Crippen molar-refractivity contribution in [3.8, 4) is 0 Å². The fourth-order valence-corrected chi connectivity index (χ4v) is 2.66. The van der Waals surface area contributed by atoms with Gasteiger partial charge in [-0.1, -0.05) is 0 Å². The molecule has 1 amide bonds. The van der Waals surface area contributed by atoms with Crippen LogP contribution in [-0.2, 0) is 11.2 Å². The standard InChI is InChI=1S/C15H24N4O/c1-11-17-13(4-5-15(20)16-2)10-14(18-11)12-6-8-19(3)9-7-12/h10,12H,4-9H2,1-3H3,(H,16,20). The zero-order valence-electron chi connectivity index (χ0n) is 12.6. The summed E-state index contributed by atoms with van der Waals surface area (Å²) in [6, 6.07) is 2.09. The Bertz CT molecular complexity index is 467. The number of hydrogen-bond acceptors (Lipinski definition) is 4. The van der Waals surface area contributed by atoms with Crippen LogP contribution in [0, 0.1) is 6.92 Å². The van der Waals surface area contributed by atoms with Crippen molar-refractivity contribution in [3.63, 3.8) is 0 Å². The summed E-state index contributed by atoms with van der Waals surface area (Å²) in [6.07, 6.45) is 3.48. The molecule has 1 saturated heterocycles. The predicted octanol–water partition coefficient (Wildman–Crippen LogP) is 1.27. The van der Waals surface area contributed by atoms with Crippen molar-refractivity contribution in [2.75, 3.05) is 27.2 Å². The normalized spacial score (nSPS) is 17.1. The molecule has 0 unspecified atom stereocenters. The summed E-state index contributed by atoms with van der Waals surface area (Å²) in [5.41, 5.74) is 2.13. The van der Waals surface area contributed by atoms with Gasteiger partial charge in [0.2, 0.25) is 5.91 Å². The second-order valence-electron chi connectivity index (χ2n) is 5.58. The Hall–Kier alpha value is -1.49. The van der Waals surface area contributed by atoms with Gasteiger partial charge in [-0.05, 0) is 52.4 Å². The van der Waals surface area contributed by atoms with Crippen LogP contribution in [-0.4, -0.2) is 48.0 Å². The van der Waals surface area contributed by atoms with E-state index < -0.39 is 0 Å². The highest BCUT2D eigenvalue weighted by atomic mass is 16.1. The van der Waals surface area contributed by atoms with E-state index in [2.05, 4.69) is 33.3 Å². The smallest absolute Gasteiger partial charge is 0.220 e. The number of piperidine rings is 1. The summed E-state index contributed by atoms with van der Waals surface area (Å²) in [6.45, 7) is 4.18. The topological polar surface area (TPSA) is 58.1 Å². The number of rotatable bonds is 4. The highest BCUT2D eigenvalue weighted by Gasteiger charge is 2.20. The Morgan fingerprint density at radius 2 is 2.10 bits per heavy atom. The van der Waals surface area contributed by atoms with E-state index in [1.807, 2.05) is 6.92 Å². The molecule has 1 N–H and O–H groups in total. The van der Waals surface area contributed by atoms with Crippen LogP contribution in [0.1, 0.15) is 42.4 Å². The van der Waals surface area contributed by atoms with Crippen LogP contribution in [0.15, 0.2) is 6.07 Å². The van der Waals surface area contributed by atoms with Gasteiger partial charge in [0.05, 0.1) is 0 Å². The number of nitrogens with zero attached hydrogens (tertiary/aromatic N) is 3. The lowest BCUT2D eigenvalue weighted by Gasteiger charge is -2.28. The lowest BCUT2D eigenvalue weighted by atomic mass is 9.93. The minimum atomic E-state index is 0.0575. The molecule has 0 bridgehead atoms. The van der Waals surface area contributed by atoms with Crippen molar-refractivity contribution >= 4 is 5.91 Å². The molecule has 0 saturated carbocycles. The van der Waals surface area contributed by atoms with Crippen molar-refractivity contribution in [2.45, 2.75) is 38.5 Å². The van der Waals surface area contributed by atoms with Gasteiger partial charge in [0, 0.05) is 30.8 Å². The zero-order chi connectivity index (χ0) is 14.5. The summed E-state index contributed by atoms with van der Waals surface area (Å²) < 4.78 is 0. The molecule has 1 aliphatic heterocycles. The van der Waals surface area contributed by atoms with E-state index >= 15 is 0 Å². The summed E-state index contributed by atoms with van der Waals surface area (Å²) in [5.74, 6) is 1.40. The summed E-state index contributed by atoms with van der Waals surface area (Å²) in [4.78, 5) is 22.7. The van der Waals surface area contributed by atoms with Crippen molar-refractivity contribution in [2.24, 2.45) is 0 Å². The average Bonchev–Trinajstić information content (AvgIpc) is 2.45.